The van der Waals surface area contributed by atoms with Crippen LogP contribution in [0.1, 0.15) is 0 Å². The first-order valence-corrected chi connectivity index (χ1v) is 3.25. The van der Waals surface area contributed by atoms with E-state index in [4.69, 9.17) is 0 Å². The van der Waals surface area contributed by atoms with Gasteiger partial charge in [-0.3, -0.25) is 9.69 Å². The number of hydrogen-bond acceptors (Lipinski definition) is 5. The third-order valence-electron chi connectivity index (χ3n) is 1.20. The Balaban J connectivity index is 3.42. The summed E-state index contributed by atoms with van der Waals surface area (Å²) in [5, 5.41) is 2.66. The molecule has 0 bridgehead atoms. The lowest BCUT2D eigenvalue weighted by atomic mass is 10.5. The number of hydrogen-bond donors (Lipinski definition) is 0. The van der Waals surface area contributed by atoms with Crippen molar-refractivity contribution < 1.29 is 9.53 Å². The Kier molecular flexibility index (Phi) is 5.28. The second-order valence-corrected chi connectivity index (χ2v) is 2.17. The molecule has 0 aliphatic carbocycles. The average Bonchev–Trinajstić information content (AvgIpc) is 2.00. The van der Waals surface area contributed by atoms with Crippen LogP contribution < -0.4 is 0 Å². The van der Waals surface area contributed by atoms with Crippen LogP contribution in [0.2, 0.25) is 0 Å². The van der Waals surface area contributed by atoms with E-state index in [0.29, 0.717) is 6.54 Å². The fourth-order valence-corrected chi connectivity index (χ4v) is 0.576. The van der Waals surface area contributed by atoms with Crippen molar-refractivity contribution >= 4 is 5.97 Å². The third kappa shape index (κ3) is 5.47. The fourth-order valence-electron chi connectivity index (χ4n) is 0.576. The van der Waals surface area contributed by atoms with Gasteiger partial charge in [-0.15, -0.1) is 0 Å². The maximum Gasteiger partial charge on any atom is 0.319 e. The average molecular weight is 160 g/mol. The number of carbonyl (C=O) groups is 1. The largest absolute Gasteiger partial charge is 0.468 e. The van der Waals surface area contributed by atoms with Gasteiger partial charge in [0.25, 0.3) is 0 Å². The monoisotopic (exact) mass is 160 g/mol. The number of rotatable bonds is 5. The van der Waals surface area contributed by atoms with E-state index in [-0.39, 0.29) is 19.1 Å². The van der Waals surface area contributed by atoms with Crippen LogP contribution in [0.5, 0.6) is 0 Å². The van der Waals surface area contributed by atoms with Gasteiger partial charge in [0.15, 0.2) is 0 Å². The van der Waals surface area contributed by atoms with Gasteiger partial charge >= 0.3 is 5.97 Å². The minimum atomic E-state index is -0.307. The zero-order valence-corrected chi connectivity index (χ0v) is 6.74. The Bertz CT molecular complexity index is 138. The smallest absolute Gasteiger partial charge is 0.319 e. The summed E-state index contributed by atoms with van der Waals surface area (Å²) in [5.74, 6) is -0.307. The summed E-state index contributed by atoms with van der Waals surface area (Å²) in [4.78, 5) is 22.0. The number of ether oxygens (including phenoxy) is 1. The van der Waals surface area contributed by atoms with Crippen molar-refractivity contribution in [2.45, 2.75) is 0 Å². The van der Waals surface area contributed by atoms with Crippen LogP contribution in [0, 0.1) is 4.91 Å². The van der Waals surface area contributed by atoms with E-state index in [1.807, 2.05) is 0 Å². The van der Waals surface area contributed by atoms with Gasteiger partial charge in [-0.25, -0.2) is 0 Å². The lowest BCUT2D eigenvalue weighted by Crippen LogP contribution is -2.28. The van der Waals surface area contributed by atoms with Gasteiger partial charge in [0.2, 0.25) is 0 Å². The molecule has 0 rings (SSSR count). The van der Waals surface area contributed by atoms with E-state index >= 15 is 0 Å². The quantitative estimate of drug-likeness (QED) is 0.415. The van der Waals surface area contributed by atoms with Crippen molar-refractivity contribution in [3.8, 4) is 0 Å². The first-order valence-electron chi connectivity index (χ1n) is 3.25. The second kappa shape index (κ2) is 5.79. The summed E-state index contributed by atoms with van der Waals surface area (Å²) in [6.45, 7) is 0.887. The van der Waals surface area contributed by atoms with Gasteiger partial charge < -0.3 is 4.74 Å². The fraction of sp³-hybridized carbons (Fsp3) is 0.833. The molecule has 64 valence electrons. The Morgan fingerprint density at radius 2 is 2.27 bits per heavy atom. The number of likely N-dealkylation sites (N-methyl/N-ethyl adjacent to an activating group) is 1. The molecular weight excluding hydrogens is 148 g/mol. The SMILES string of the molecule is COC(=O)CN(C)CCN=O. The summed E-state index contributed by atoms with van der Waals surface area (Å²) in [6, 6.07) is 0. The summed E-state index contributed by atoms with van der Waals surface area (Å²) >= 11 is 0. The van der Waals surface area contributed by atoms with E-state index in [9.17, 15) is 9.70 Å². The van der Waals surface area contributed by atoms with Crippen LogP contribution in [-0.2, 0) is 9.53 Å². The number of methoxy groups -OCH3 is 1. The molecule has 0 atom stereocenters. The number of nitroso groups, excluding NO2 is 1. The van der Waals surface area contributed by atoms with Gasteiger partial charge in [0.1, 0.15) is 0 Å². The summed E-state index contributed by atoms with van der Waals surface area (Å²) in [5.41, 5.74) is 0. The Morgan fingerprint density at radius 3 is 2.73 bits per heavy atom. The maximum absolute atomic E-state index is 10.6. The van der Waals surface area contributed by atoms with E-state index in [0.717, 1.165) is 0 Å². The first-order chi connectivity index (χ1) is 5.20. The van der Waals surface area contributed by atoms with E-state index < -0.39 is 0 Å². The lowest BCUT2D eigenvalue weighted by Gasteiger charge is -2.11. The molecule has 0 N–H and O–H groups in total. The molecule has 0 radical (unpaired) electrons. The van der Waals surface area contributed by atoms with Crippen molar-refractivity contribution in [1.29, 1.82) is 0 Å². The van der Waals surface area contributed by atoms with Crippen LogP contribution in [0.4, 0.5) is 0 Å². The van der Waals surface area contributed by atoms with E-state index in [1.54, 1.807) is 11.9 Å². The number of esters is 1. The van der Waals surface area contributed by atoms with Crippen molar-refractivity contribution in [1.82, 2.24) is 4.90 Å². The molecule has 0 aliphatic heterocycles. The standard InChI is InChI=1S/C6H12N2O3/c1-8(4-3-7-10)5-6(9)11-2/h3-5H2,1-2H3. The molecule has 0 unspecified atom stereocenters. The van der Waals surface area contributed by atoms with Gasteiger partial charge in [-0.05, 0) is 7.05 Å². The van der Waals surface area contributed by atoms with Crippen molar-refractivity contribution in [2.75, 3.05) is 33.8 Å². The molecule has 5 heteroatoms. The van der Waals surface area contributed by atoms with Crippen LogP contribution >= 0.6 is 0 Å². The van der Waals surface area contributed by atoms with Crippen molar-refractivity contribution in [3.63, 3.8) is 0 Å². The molecule has 0 saturated heterocycles. The minimum Gasteiger partial charge on any atom is -0.468 e. The highest BCUT2D eigenvalue weighted by Crippen LogP contribution is 1.83. The van der Waals surface area contributed by atoms with Crippen LogP contribution in [0.25, 0.3) is 0 Å². The molecule has 5 nitrogen and oxygen atoms in total. The van der Waals surface area contributed by atoms with Crippen molar-refractivity contribution in [2.24, 2.45) is 5.18 Å². The molecule has 0 heterocycles. The Hall–Kier alpha value is -0.970. The van der Waals surface area contributed by atoms with Gasteiger partial charge in [-0.2, -0.15) is 4.91 Å². The van der Waals surface area contributed by atoms with Crippen molar-refractivity contribution in [3.05, 3.63) is 4.91 Å². The third-order valence-corrected chi connectivity index (χ3v) is 1.20. The maximum atomic E-state index is 10.6. The van der Waals surface area contributed by atoms with Gasteiger partial charge in [0, 0.05) is 6.54 Å². The van der Waals surface area contributed by atoms with Crippen LogP contribution in [0.3, 0.4) is 0 Å². The van der Waals surface area contributed by atoms with Crippen LogP contribution in [0.15, 0.2) is 5.18 Å². The molecule has 11 heavy (non-hydrogen) atoms. The van der Waals surface area contributed by atoms with Crippen LogP contribution in [-0.4, -0.2) is 44.7 Å². The molecule has 0 fully saturated rings. The number of carbonyl (C=O) groups excluding carboxylic acids is 1. The van der Waals surface area contributed by atoms with E-state index in [1.165, 1.54) is 7.11 Å². The normalized spacial score (nSPS) is 9.73. The highest BCUT2D eigenvalue weighted by Gasteiger charge is 2.04. The molecular formula is C6H12N2O3. The molecule has 0 aromatic carbocycles. The van der Waals surface area contributed by atoms with Gasteiger partial charge in [0.05, 0.1) is 20.2 Å². The summed E-state index contributed by atoms with van der Waals surface area (Å²) in [7, 11) is 3.05. The predicted octanol–water partition coefficient (Wildman–Crippen LogP) is -0.142. The molecule has 0 saturated carbocycles. The molecule has 0 aliphatic rings. The topological polar surface area (TPSA) is 59.0 Å². The zero-order chi connectivity index (χ0) is 8.69. The lowest BCUT2D eigenvalue weighted by molar-refractivity contribution is -0.141. The highest BCUT2D eigenvalue weighted by molar-refractivity contribution is 5.71. The number of nitrogens with zero attached hydrogens (tertiary/aromatic N) is 2. The predicted molar refractivity (Wildman–Crippen MR) is 40.2 cm³/mol. The molecule has 0 aromatic heterocycles. The molecule has 0 aromatic rings. The second-order valence-electron chi connectivity index (χ2n) is 2.17. The summed E-state index contributed by atoms with van der Waals surface area (Å²) in [6.07, 6.45) is 0. The van der Waals surface area contributed by atoms with E-state index in [2.05, 4.69) is 9.91 Å². The molecule has 0 spiro atoms. The minimum absolute atomic E-state index is 0.200. The Morgan fingerprint density at radius 1 is 1.64 bits per heavy atom. The summed E-state index contributed by atoms with van der Waals surface area (Å²) < 4.78 is 4.41. The molecule has 0 amide bonds. The van der Waals surface area contributed by atoms with Gasteiger partial charge in [-0.1, -0.05) is 5.18 Å². The first kappa shape index (κ1) is 10.0. The zero-order valence-electron chi connectivity index (χ0n) is 6.74. The Labute approximate surface area is 65.3 Å². The highest BCUT2D eigenvalue weighted by atomic mass is 16.5.